The summed E-state index contributed by atoms with van der Waals surface area (Å²) in [5.41, 5.74) is 7.89. The van der Waals surface area contributed by atoms with E-state index in [1.807, 2.05) is 6.07 Å². The summed E-state index contributed by atoms with van der Waals surface area (Å²) in [4.78, 5) is 4.55. The molecule has 0 atom stereocenters. The Kier molecular flexibility index (Phi) is 3.16. The van der Waals surface area contributed by atoms with Gasteiger partial charge in [-0.3, -0.25) is 0 Å². The fraction of sp³-hybridized carbons (Fsp3) is 0.235. The van der Waals surface area contributed by atoms with Crippen molar-refractivity contribution in [3.05, 3.63) is 54.4 Å². The van der Waals surface area contributed by atoms with E-state index in [1.165, 1.54) is 16.6 Å². The van der Waals surface area contributed by atoms with Crippen LogP contribution in [-0.4, -0.2) is 17.4 Å². The third kappa shape index (κ3) is 2.21. The Morgan fingerprint density at radius 3 is 2.57 bits per heavy atom. The van der Waals surface area contributed by atoms with Gasteiger partial charge in [0.15, 0.2) is 5.65 Å². The van der Waals surface area contributed by atoms with Crippen LogP contribution in [0.3, 0.4) is 0 Å². The molecule has 3 aromatic rings. The van der Waals surface area contributed by atoms with Crippen LogP contribution in [0.5, 0.6) is 0 Å². The highest BCUT2D eigenvalue weighted by Crippen LogP contribution is 2.41. The van der Waals surface area contributed by atoms with Gasteiger partial charge in [-0.25, -0.2) is 17.4 Å². The molecule has 0 saturated heterocycles. The Bertz CT molecular complexity index is 974. The van der Waals surface area contributed by atoms with Gasteiger partial charge in [0, 0.05) is 11.6 Å². The van der Waals surface area contributed by atoms with E-state index >= 15 is 0 Å². The van der Waals surface area contributed by atoms with Gasteiger partial charge in [-0.2, -0.15) is 0 Å². The van der Waals surface area contributed by atoms with Crippen LogP contribution < -0.4 is 5.73 Å². The van der Waals surface area contributed by atoms with E-state index in [1.54, 1.807) is 36.5 Å². The standard InChI is InChI=1S/C17H17N3O2S/c18-13-9-15-16(12-5-4-6-12)11-20(17(15)19-10-13)23(21,22)14-7-2-1-3-8-14/h1-3,7-12H,4-6,18H2. The van der Waals surface area contributed by atoms with Gasteiger partial charge in [0.2, 0.25) is 0 Å². The molecule has 6 heteroatoms. The average molecular weight is 327 g/mol. The first kappa shape index (κ1) is 14.3. The summed E-state index contributed by atoms with van der Waals surface area (Å²) in [6, 6.07) is 10.3. The van der Waals surface area contributed by atoms with E-state index in [9.17, 15) is 8.42 Å². The molecule has 0 unspecified atom stereocenters. The van der Waals surface area contributed by atoms with Gasteiger partial charge in [0.25, 0.3) is 10.0 Å². The van der Waals surface area contributed by atoms with Crippen LogP contribution in [-0.2, 0) is 10.0 Å². The number of nitrogen functional groups attached to an aromatic ring is 1. The number of hydrogen-bond donors (Lipinski definition) is 1. The Labute approximate surface area is 134 Å². The molecule has 0 amide bonds. The number of benzene rings is 1. The van der Waals surface area contributed by atoms with Crippen molar-refractivity contribution in [3.63, 3.8) is 0 Å². The molecule has 0 aliphatic heterocycles. The number of aromatic nitrogens is 2. The van der Waals surface area contributed by atoms with Crippen molar-refractivity contribution in [2.24, 2.45) is 0 Å². The smallest absolute Gasteiger partial charge is 0.269 e. The van der Waals surface area contributed by atoms with Crippen LogP contribution in [0.4, 0.5) is 5.69 Å². The van der Waals surface area contributed by atoms with E-state index < -0.39 is 10.0 Å². The molecular weight excluding hydrogens is 310 g/mol. The average Bonchev–Trinajstić information content (AvgIpc) is 2.86. The SMILES string of the molecule is Nc1cnc2c(c1)c(C1CCC1)cn2S(=O)(=O)c1ccccc1. The third-order valence-corrected chi connectivity index (χ3v) is 6.17. The minimum atomic E-state index is -3.66. The summed E-state index contributed by atoms with van der Waals surface area (Å²) >= 11 is 0. The molecule has 1 aromatic carbocycles. The molecule has 1 aliphatic rings. The Balaban J connectivity index is 1.97. The largest absolute Gasteiger partial charge is 0.397 e. The molecule has 1 saturated carbocycles. The topological polar surface area (TPSA) is 78.0 Å². The summed E-state index contributed by atoms with van der Waals surface area (Å²) in [5.74, 6) is 0.397. The monoisotopic (exact) mass is 327 g/mol. The number of rotatable bonds is 3. The normalized spacial score (nSPS) is 15.7. The maximum absolute atomic E-state index is 13.0. The molecular formula is C17H17N3O2S. The second-order valence-electron chi connectivity index (χ2n) is 5.97. The van der Waals surface area contributed by atoms with Gasteiger partial charge in [-0.05, 0) is 42.5 Å². The lowest BCUT2D eigenvalue weighted by Crippen LogP contribution is -2.13. The first-order valence-corrected chi connectivity index (χ1v) is 9.08. The molecule has 2 aromatic heterocycles. The minimum Gasteiger partial charge on any atom is -0.397 e. The number of anilines is 1. The number of pyridine rings is 1. The van der Waals surface area contributed by atoms with E-state index in [0.717, 1.165) is 23.8 Å². The van der Waals surface area contributed by atoms with Crippen molar-refractivity contribution in [2.75, 3.05) is 5.73 Å². The van der Waals surface area contributed by atoms with Gasteiger partial charge in [0.1, 0.15) is 0 Å². The highest BCUT2D eigenvalue weighted by molar-refractivity contribution is 7.90. The summed E-state index contributed by atoms with van der Waals surface area (Å²) in [5, 5.41) is 0.842. The number of fused-ring (bicyclic) bond motifs is 1. The van der Waals surface area contributed by atoms with Crippen molar-refractivity contribution in [1.29, 1.82) is 0 Å². The molecule has 5 nitrogen and oxygen atoms in total. The van der Waals surface area contributed by atoms with Crippen LogP contribution in [0.1, 0.15) is 30.7 Å². The molecule has 1 fully saturated rings. The Hall–Kier alpha value is -2.34. The predicted octanol–water partition coefficient (Wildman–Crippen LogP) is 3.12. The van der Waals surface area contributed by atoms with Gasteiger partial charge in [0.05, 0.1) is 16.8 Å². The second-order valence-corrected chi connectivity index (χ2v) is 7.78. The van der Waals surface area contributed by atoms with E-state index in [4.69, 9.17) is 5.73 Å². The summed E-state index contributed by atoms with van der Waals surface area (Å²) in [6.07, 6.45) is 6.57. The molecule has 1 aliphatic carbocycles. The molecule has 2 heterocycles. The molecule has 0 radical (unpaired) electrons. The van der Waals surface area contributed by atoms with Gasteiger partial charge in [-0.15, -0.1) is 0 Å². The van der Waals surface area contributed by atoms with Crippen molar-refractivity contribution >= 4 is 26.7 Å². The van der Waals surface area contributed by atoms with Gasteiger partial charge >= 0.3 is 0 Å². The Morgan fingerprint density at radius 1 is 1.17 bits per heavy atom. The lowest BCUT2D eigenvalue weighted by atomic mass is 9.80. The van der Waals surface area contributed by atoms with E-state index in [2.05, 4.69) is 4.98 Å². The molecule has 2 N–H and O–H groups in total. The highest BCUT2D eigenvalue weighted by atomic mass is 32.2. The van der Waals surface area contributed by atoms with Gasteiger partial charge in [-0.1, -0.05) is 24.6 Å². The van der Waals surface area contributed by atoms with Crippen LogP contribution in [0.15, 0.2) is 53.7 Å². The van der Waals surface area contributed by atoms with Crippen molar-refractivity contribution < 1.29 is 8.42 Å². The first-order valence-electron chi connectivity index (χ1n) is 7.64. The molecule has 0 bridgehead atoms. The fourth-order valence-electron chi connectivity index (χ4n) is 3.05. The molecule has 4 rings (SSSR count). The highest BCUT2D eigenvalue weighted by Gasteiger charge is 2.28. The number of hydrogen-bond acceptors (Lipinski definition) is 4. The lowest BCUT2D eigenvalue weighted by Gasteiger charge is -2.24. The number of nitrogens with zero attached hydrogens (tertiary/aromatic N) is 2. The summed E-state index contributed by atoms with van der Waals surface area (Å²) in [6.45, 7) is 0. The maximum Gasteiger partial charge on any atom is 0.269 e. The van der Waals surface area contributed by atoms with E-state index in [-0.39, 0.29) is 4.90 Å². The van der Waals surface area contributed by atoms with Crippen molar-refractivity contribution in [3.8, 4) is 0 Å². The van der Waals surface area contributed by atoms with Crippen molar-refractivity contribution in [1.82, 2.24) is 8.96 Å². The van der Waals surface area contributed by atoms with Crippen LogP contribution in [0, 0.1) is 0 Å². The molecule has 0 spiro atoms. The summed E-state index contributed by atoms with van der Waals surface area (Å²) < 4.78 is 27.2. The zero-order valence-corrected chi connectivity index (χ0v) is 13.3. The van der Waals surface area contributed by atoms with Crippen molar-refractivity contribution in [2.45, 2.75) is 30.1 Å². The van der Waals surface area contributed by atoms with Gasteiger partial charge < -0.3 is 5.73 Å². The zero-order valence-electron chi connectivity index (χ0n) is 12.5. The predicted molar refractivity (Wildman–Crippen MR) is 89.8 cm³/mol. The van der Waals surface area contributed by atoms with Crippen LogP contribution >= 0.6 is 0 Å². The zero-order chi connectivity index (χ0) is 16.0. The minimum absolute atomic E-state index is 0.260. The quantitative estimate of drug-likeness (QED) is 0.801. The summed E-state index contributed by atoms with van der Waals surface area (Å²) in [7, 11) is -3.66. The Morgan fingerprint density at radius 2 is 1.91 bits per heavy atom. The van der Waals surface area contributed by atoms with E-state index in [0.29, 0.717) is 17.3 Å². The lowest BCUT2D eigenvalue weighted by molar-refractivity contribution is 0.422. The van der Waals surface area contributed by atoms with Crippen LogP contribution in [0.2, 0.25) is 0 Å². The maximum atomic E-state index is 13.0. The van der Waals surface area contributed by atoms with Crippen LogP contribution in [0.25, 0.3) is 11.0 Å². The molecule has 23 heavy (non-hydrogen) atoms. The fourth-order valence-corrected chi connectivity index (χ4v) is 4.41. The molecule has 118 valence electrons. The first-order chi connectivity index (χ1) is 11.1. The third-order valence-electron chi connectivity index (χ3n) is 4.51. The second kappa shape index (κ2) is 5.09. The number of nitrogens with two attached hydrogens (primary N) is 1.